The monoisotopic (exact) mass is 316 g/mol. The van der Waals surface area contributed by atoms with Crippen LogP contribution in [0.3, 0.4) is 0 Å². The summed E-state index contributed by atoms with van der Waals surface area (Å²) < 4.78 is 24.2. The van der Waals surface area contributed by atoms with Gasteiger partial charge in [-0.3, -0.25) is 4.31 Å². The van der Waals surface area contributed by atoms with Crippen molar-refractivity contribution in [3.63, 3.8) is 0 Å². The molecule has 1 aromatic heterocycles. The normalized spacial score (nSPS) is 10.8. The number of hydrogen-bond acceptors (Lipinski definition) is 5. The molecule has 2 aromatic rings. The van der Waals surface area contributed by atoms with Gasteiger partial charge in [-0.1, -0.05) is 18.2 Å². The van der Waals surface area contributed by atoms with Crippen LogP contribution in [0.2, 0.25) is 0 Å². The highest BCUT2D eigenvalue weighted by atomic mass is 32.2. The van der Waals surface area contributed by atoms with E-state index in [-0.39, 0.29) is 0 Å². The van der Waals surface area contributed by atoms with Crippen molar-refractivity contribution in [1.82, 2.24) is 4.98 Å². The number of pyridine rings is 1. The summed E-state index contributed by atoms with van der Waals surface area (Å²) in [5.74, 6) is 0.622. The molecule has 0 spiro atoms. The van der Waals surface area contributed by atoms with Gasteiger partial charge in [-0.25, -0.2) is 13.4 Å². The van der Waals surface area contributed by atoms with Crippen LogP contribution in [0.1, 0.15) is 11.3 Å². The van der Waals surface area contributed by atoms with Crippen molar-refractivity contribution in [3.8, 4) is 6.07 Å². The minimum absolute atomic E-state index is 0.357. The molecule has 22 heavy (non-hydrogen) atoms. The molecular weight excluding hydrogens is 300 g/mol. The van der Waals surface area contributed by atoms with Crippen LogP contribution in [-0.2, 0) is 16.6 Å². The second-order valence-electron chi connectivity index (χ2n) is 4.77. The molecule has 2 rings (SSSR count). The largest absolute Gasteiger partial charge is 0.366 e. The van der Waals surface area contributed by atoms with Crippen molar-refractivity contribution in [3.05, 3.63) is 53.7 Å². The molecule has 7 heteroatoms. The fraction of sp³-hybridized carbons (Fsp3) is 0.200. The second-order valence-corrected chi connectivity index (χ2v) is 6.78. The smallest absolute Gasteiger partial charge is 0.231 e. The summed E-state index contributed by atoms with van der Waals surface area (Å²) in [5.41, 5.74) is 1.95. The Balaban J connectivity index is 2.04. The fourth-order valence-corrected chi connectivity index (χ4v) is 2.31. The molecule has 0 atom stereocenters. The average molecular weight is 316 g/mol. The Labute approximate surface area is 130 Å². The van der Waals surface area contributed by atoms with Gasteiger partial charge in [0.15, 0.2) is 0 Å². The second kappa shape index (κ2) is 6.45. The van der Waals surface area contributed by atoms with Crippen LogP contribution >= 0.6 is 0 Å². The van der Waals surface area contributed by atoms with Crippen molar-refractivity contribution in [2.75, 3.05) is 22.9 Å². The highest BCUT2D eigenvalue weighted by Gasteiger charge is 2.11. The number of hydrogen-bond donors (Lipinski definition) is 1. The summed E-state index contributed by atoms with van der Waals surface area (Å²) >= 11 is 0. The Bertz CT molecular complexity index is 795. The summed E-state index contributed by atoms with van der Waals surface area (Å²) in [6, 6.07) is 14.4. The molecule has 1 heterocycles. The van der Waals surface area contributed by atoms with Gasteiger partial charge in [0.2, 0.25) is 10.0 Å². The maximum atomic E-state index is 11.5. The number of nitriles is 1. The van der Waals surface area contributed by atoms with E-state index in [9.17, 15) is 8.42 Å². The lowest BCUT2D eigenvalue weighted by molar-refractivity contribution is 0.600. The third-order valence-corrected chi connectivity index (χ3v) is 4.34. The first-order valence-corrected chi connectivity index (χ1v) is 8.39. The molecule has 0 aliphatic carbocycles. The SMILES string of the molecule is CN(c1ccc(CNc2cccc(C#N)n2)cc1)S(C)(=O)=O. The first kappa shape index (κ1) is 15.8. The Hall–Kier alpha value is -2.59. The molecule has 0 amide bonds. The molecule has 0 radical (unpaired) electrons. The summed E-state index contributed by atoms with van der Waals surface area (Å²) in [5, 5.41) is 11.9. The zero-order chi connectivity index (χ0) is 16.2. The van der Waals surface area contributed by atoms with Crippen LogP contribution in [0.25, 0.3) is 0 Å². The number of benzene rings is 1. The predicted octanol–water partition coefficient (Wildman–Crippen LogP) is 1.96. The molecule has 0 saturated carbocycles. The molecule has 0 fully saturated rings. The Morgan fingerprint density at radius 2 is 1.91 bits per heavy atom. The first-order valence-electron chi connectivity index (χ1n) is 6.54. The third-order valence-electron chi connectivity index (χ3n) is 3.13. The summed E-state index contributed by atoms with van der Waals surface area (Å²) in [7, 11) is -1.74. The Morgan fingerprint density at radius 3 is 2.50 bits per heavy atom. The van der Waals surface area contributed by atoms with Gasteiger partial charge in [-0.15, -0.1) is 0 Å². The van der Waals surface area contributed by atoms with Crippen molar-refractivity contribution < 1.29 is 8.42 Å². The number of nitrogens with one attached hydrogen (secondary N) is 1. The number of aromatic nitrogens is 1. The van der Waals surface area contributed by atoms with Crippen LogP contribution < -0.4 is 9.62 Å². The van der Waals surface area contributed by atoms with E-state index in [4.69, 9.17) is 5.26 Å². The Kier molecular flexibility index (Phi) is 4.63. The predicted molar refractivity (Wildman–Crippen MR) is 86.0 cm³/mol. The number of anilines is 2. The van der Waals surface area contributed by atoms with E-state index in [0.717, 1.165) is 11.8 Å². The molecule has 1 aromatic carbocycles. The molecule has 0 bridgehead atoms. The van der Waals surface area contributed by atoms with E-state index in [1.54, 1.807) is 30.3 Å². The van der Waals surface area contributed by atoms with Gasteiger partial charge in [-0.05, 0) is 29.8 Å². The van der Waals surface area contributed by atoms with E-state index >= 15 is 0 Å². The summed E-state index contributed by atoms with van der Waals surface area (Å²) in [6.45, 7) is 0.532. The van der Waals surface area contributed by atoms with Gasteiger partial charge in [-0.2, -0.15) is 5.26 Å². The molecular formula is C15H16N4O2S. The maximum Gasteiger partial charge on any atom is 0.231 e. The van der Waals surface area contributed by atoms with E-state index < -0.39 is 10.0 Å². The number of sulfonamides is 1. The van der Waals surface area contributed by atoms with Crippen LogP contribution in [0, 0.1) is 11.3 Å². The highest BCUT2D eigenvalue weighted by Crippen LogP contribution is 2.17. The summed E-state index contributed by atoms with van der Waals surface area (Å²) in [6.07, 6.45) is 1.16. The van der Waals surface area contributed by atoms with E-state index in [0.29, 0.717) is 23.7 Å². The first-order chi connectivity index (χ1) is 10.4. The standard InChI is InChI=1S/C15H16N4O2S/c1-19(22(2,20)21)14-8-6-12(7-9-14)11-17-15-5-3-4-13(10-16)18-15/h3-9H,11H2,1-2H3,(H,17,18). The molecule has 0 aliphatic heterocycles. The highest BCUT2D eigenvalue weighted by molar-refractivity contribution is 7.92. The average Bonchev–Trinajstić information content (AvgIpc) is 2.52. The van der Waals surface area contributed by atoms with Crippen LogP contribution in [-0.4, -0.2) is 26.7 Å². The maximum absolute atomic E-state index is 11.5. The Morgan fingerprint density at radius 1 is 1.23 bits per heavy atom. The van der Waals surface area contributed by atoms with E-state index in [2.05, 4.69) is 10.3 Å². The number of nitrogens with zero attached hydrogens (tertiary/aromatic N) is 3. The molecule has 0 aliphatic rings. The van der Waals surface area contributed by atoms with Crippen molar-refractivity contribution in [1.29, 1.82) is 5.26 Å². The van der Waals surface area contributed by atoms with Crippen molar-refractivity contribution in [2.45, 2.75) is 6.54 Å². The van der Waals surface area contributed by atoms with Crippen molar-refractivity contribution >= 4 is 21.5 Å². The molecule has 6 nitrogen and oxygen atoms in total. The lowest BCUT2D eigenvalue weighted by Crippen LogP contribution is -2.24. The zero-order valence-electron chi connectivity index (χ0n) is 12.3. The van der Waals surface area contributed by atoms with Crippen LogP contribution in [0.15, 0.2) is 42.5 Å². The van der Waals surface area contributed by atoms with E-state index in [1.165, 1.54) is 11.4 Å². The molecule has 0 saturated heterocycles. The molecule has 0 unspecified atom stereocenters. The minimum Gasteiger partial charge on any atom is -0.366 e. The van der Waals surface area contributed by atoms with Gasteiger partial charge in [0.25, 0.3) is 0 Å². The van der Waals surface area contributed by atoms with Gasteiger partial charge >= 0.3 is 0 Å². The lowest BCUT2D eigenvalue weighted by Gasteiger charge is -2.16. The summed E-state index contributed by atoms with van der Waals surface area (Å²) in [4.78, 5) is 4.12. The fourth-order valence-electron chi connectivity index (χ4n) is 1.80. The van der Waals surface area contributed by atoms with Crippen LogP contribution in [0.4, 0.5) is 11.5 Å². The lowest BCUT2D eigenvalue weighted by atomic mass is 10.2. The van der Waals surface area contributed by atoms with Gasteiger partial charge in [0, 0.05) is 13.6 Å². The van der Waals surface area contributed by atoms with Gasteiger partial charge in [0.05, 0.1) is 11.9 Å². The quantitative estimate of drug-likeness (QED) is 0.911. The van der Waals surface area contributed by atoms with Gasteiger partial charge in [0.1, 0.15) is 17.6 Å². The third kappa shape index (κ3) is 3.96. The van der Waals surface area contributed by atoms with Crippen molar-refractivity contribution in [2.24, 2.45) is 0 Å². The van der Waals surface area contributed by atoms with E-state index in [1.807, 2.05) is 18.2 Å². The zero-order valence-corrected chi connectivity index (χ0v) is 13.1. The molecule has 114 valence electrons. The topological polar surface area (TPSA) is 86.1 Å². The van der Waals surface area contributed by atoms with Gasteiger partial charge < -0.3 is 5.32 Å². The van der Waals surface area contributed by atoms with Crippen LogP contribution in [0.5, 0.6) is 0 Å². The minimum atomic E-state index is -3.25. The molecule has 1 N–H and O–H groups in total. The number of rotatable bonds is 5.